The molecule has 4 rings (SSSR count). The van der Waals surface area contributed by atoms with Gasteiger partial charge in [-0.3, -0.25) is 9.30 Å². The molecule has 6 heteroatoms. The molecule has 4 nitrogen and oxygen atoms in total. The normalized spacial score (nSPS) is 11.5. The molecule has 0 saturated heterocycles. The molecule has 4 aromatic carbocycles. The Labute approximate surface area is 187 Å². The smallest absolute Gasteiger partial charge is 0.262 e. The fourth-order valence-electron chi connectivity index (χ4n) is 3.21. The van der Waals surface area contributed by atoms with Gasteiger partial charge in [0.25, 0.3) is 10.0 Å². The molecule has 0 amide bonds. The largest absolute Gasteiger partial charge is 0.264 e. The van der Waals surface area contributed by atoms with Crippen molar-refractivity contribution in [2.24, 2.45) is 4.99 Å². The molecule has 0 bridgehead atoms. The van der Waals surface area contributed by atoms with Gasteiger partial charge in [-0.1, -0.05) is 66.7 Å². The second-order valence-corrected chi connectivity index (χ2v) is 8.97. The van der Waals surface area contributed by atoms with E-state index in [0.717, 1.165) is 5.56 Å². The summed E-state index contributed by atoms with van der Waals surface area (Å²) in [4.78, 5) is 4.53. The second kappa shape index (κ2) is 9.58. The van der Waals surface area contributed by atoms with Gasteiger partial charge in [-0.25, -0.2) is 12.8 Å². The Hall–Kier alpha value is -3.77. The minimum atomic E-state index is -3.78. The van der Waals surface area contributed by atoms with E-state index in [9.17, 15) is 12.8 Å². The van der Waals surface area contributed by atoms with Crippen LogP contribution in [0.2, 0.25) is 0 Å². The van der Waals surface area contributed by atoms with Crippen LogP contribution in [-0.2, 0) is 16.6 Å². The summed E-state index contributed by atoms with van der Waals surface area (Å²) < 4.78 is 42.0. The van der Waals surface area contributed by atoms with Gasteiger partial charge in [0.2, 0.25) is 0 Å². The molecule has 0 N–H and O–H groups in total. The van der Waals surface area contributed by atoms with Gasteiger partial charge in [-0.15, -0.1) is 0 Å². The third-order valence-corrected chi connectivity index (χ3v) is 6.68. The first-order valence-electron chi connectivity index (χ1n) is 10.0. The van der Waals surface area contributed by atoms with E-state index in [0.29, 0.717) is 16.9 Å². The highest BCUT2D eigenvalue weighted by Gasteiger charge is 2.25. The fourth-order valence-corrected chi connectivity index (χ4v) is 4.69. The van der Waals surface area contributed by atoms with Crippen molar-refractivity contribution in [2.45, 2.75) is 11.4 Å². The zero-order valence-electron chi connectivity index (χ0n) is 17.2. The first-order chi connectivity index (χ1) is 15.5. The molecule has 0 aliphatic carbocycles. The predicted octanol–water partition coefficient (Wildman–Crippen LogP) is 5.97. The summed E-state index contributed by atoms with van der Waals surface area (Å²) in [7, 11) is -3.78. The molecule has 0 heterocycles. The molecule has 32 heavy (non-hydrogen) atoms. The average Bonchev–Trinajstić information content (AvgIpc) is 2.84. The Morgan fingerprint density at radius 1 is 0.750 bits per heavy atom. The maximum atomic E-state index is 13.8. The van der Waals surface area contributed by atoms with Crippen LogP contribution in [0, 0.1) is 5.82 Å². The lowest BCUT2D eigenvalue weighted by molar-refractivity contribution is 0.590. The predicted molar refractivity (Wildman–Crippen MR) is 126 cm³/mol. The number of rotatable bonds is 7. The minimum absolute atomic E-state index is 0.190. The quantitative estimate of drug-likeness (QED) is 0.330. The second-order valence-electron chi connectivity index (χ2n) is 7.11. The average molecular weight is 445 g/mol. The van der Waals surface area contributed by atoms with E-state index in [2.05, 4.69) is 4.99 Å². The van der Waals surface area contributed by atoms with Crippen molar-refractivity contribution in [1.82, 2.24) is 0 Å². The first-order valence-corrected chi connectivity index (χ1v) is 11.5. The van der Waals surface area contributed by atoms with Crippen LogP contribution >= 0.6 is 0 Å². The summed E-state index contributed by atoms with van der Waals surface area (Å²) in [5.41, 5.74) is 2.36. The van der Waals surface area contributed by atoms with Crippen molar-refractivity contribution >= 4 is 27.6 Å². The van der Waals surface area contributed by atoms with Crippen LogP contribution in [0.3, 0.4) is 0 Å². The van der Waals surface area contributed by atoms with E-state index in [1.807, 2.05) is 30.3 Å². The zero-order chi connectivity index (χ0) is 22.4. The van der Waals surface area contributed by atoms with Crippen molar-refractivity contribution in [2.75, 3.05) is 4.31 Å². The van der Waals surface area contributed by atoms with E-state index >= 15 is 0 Å². The van der Waals surface area contributed by atoms with Crippen molar-refractivity contribution < 1.29 is 12.8 Å². The molecule has 0 saturated carbocycles. The molecule has 0 aliphatic heterocycles. The van der Waals surface area contributed by atoms with Crippen LogP contribution in [0.15, 0.2) is 119 Å². The molecule has 0 fully saturated rings. The van der Waals surface area contributed by atoms with Crippen molar-refractivity contribution in [3.8, 4) is 0 Å². The monoisotopic (exact) mass is 444 g/mol. The number of hydrogen-bond acceptors (Lipinski definition) is 3. The molecular formula is C26H21FN2O2S. The maximum absolute atomic E-state index is 13.8. The summed E-state index contributed by atoms with van der Waals surface area (Å²) in [6.07, 6.45) is 1.45. The lowest BCUT2D eigenvalue weighted by Crippen LogP contribution is -2.30. The third-order valence-electron chi connectivity index (χ3n) is 4.90. The lowest BCUT2D eigenvalue weighted by Gasteiger charge is -2.25. The number of halogens is 1. The van der Waals surface area contributed by atoms with E-state index in [1.165, 1.54) is 16.6 Å². The standard InChI is InChI=1S/C26H21FN2O2S/c27-26-14-8-7-11-22(26)19-28-23-15-17-24(18-16-23)29(20-21-9-3-1-4-10-21)32(30,31)25-12-5-2-6-13-25/h1-19H,20H2. The number of sulfonamides is 1. The topological polar surface area (TPSA) is 49.7 Å². The maximum Gasteiger partial charge on any atom is 0.264 e. The highest BCUT2D eigenvalue weighted by Crippen LogP contribution is 2.28. The van der Waals surface area contributed by atoms with Crippen LogP contribution in [0.25, 0.3) is 0 Å². The Morgan fingerprint density at radius 2 is 1.34 bits per heavy atom. The van der Waals surface area contributed by atoms with E-state index in [4.69, 9.17) is 0 Å². The molecule has 0 aromatic heterocycles. The van der Waals surface area contributed by atoms with Crippen LogP contribution in [0.5, 0.6) is 0 Å². The fraction of sp³-hybridized carbons (Fsp3) is 0.0385. The number of benzene rings is 4. The molecule has 160 valence electrons. The molecule has 0 aliphatic rings. The molecule has 0 atom stereocenters. The SMILES string of the molecule is O=S(=O)(c1ccccc1)N(Cc1ccccc1)c1ccc(N=Cc2ccccc2F)cc1. The molecule has 0 unspecified atom stereocenters. The third kappa shape index (κ3) is 4.92. The Balaban J connectivity index is 1.66. The van der Waals surface area contributed by atoms with Crippen LogP contribution in [0.1, 0.15) is 11.1 Å². The molecular weight excluding hydrogens is 423 g/mol. The first kappa shape index (κ1) is 21.5. The van der Waals surface area contributed by atoms with E-state index in [1.54, 1.807) is 72.8 Å². The van der Waals surface area contributed by atoms with Crippen LogP contribution < -0.4 is 4.31 Å². The van der Waals surface area contributed by atoms with Crippen molar-refractivity contribution in [3.63, 3.8) is 0 Å². The molecule has 0 radical (unpaired) electrons. The van der Waals surface area contributed by atoms with Gasteiger partial charge in [-0.05, 0) is 48.0 Å². The van der Waals surface area contributed by atoms with Crippen molar-refractivity contribution in [3.05, 3.63) is 126 Å². The highest BCUT2D eigenvalue weighted by atomic mass is 32.2. The number of aliphatic imine (C=N–C) groups is 1. The van der Waals surface area contributed by atoms with Crippen molar-refractivity contribution in [1.29, 1.82) is 0 Å². The van der Waals surface area contributed by atoms with Crippen LogP contribution in [0.4, 0.5) is 15.8 Å². The Morgan fingerprint density at radius 3 is 2.00 bits per heavy atom. The van der Waals surface area contributed by atoms with Gasteiger partial charge in [0.15, 0.2) is 0 Å². The summed E-state index contributed by atoms with van der Waals surface area (Å²) in [5, 5.41) is 0. The minimum Gasteiger partial charge on any atom is -0.262 e. The summed E-state index contributed by atoms with van der Waals surface area (Å²) in [6.45, 7) is 0.190. The lowest BCUT2D eigenvalue weighted by atomic mass is 10.2. The Bertz CT molecular complexity index is 1310. The van der Waals surface area contributed by atoms with Gasteiger partial charge >= 0.3 is 0 Å². The Kier molecular flexibility index (Phi) is 6.42. The highest BCUT2D eigenvalue weighted by molar-refractivity contribution is 7.92. The van der Waals surface area contributed by atoms with Gasteiger partial charge < -0.3 is 0 Å². The summed E-state index contributed by atoms with van der Waals surface area (Å²) >= 11 is 0. The number of anilines is 1. The van der Waals surface area contributed by atoms with Crippen LogP contribution in [-0.4, -0.2) is 14.6 Å². The zero-order valence-corrected chi connectivity index (χ0v) is 18.0. The molecule has 0 spiro atoms. The van der Waals surface area contributed by atoms with Gasteiger partial charge in [0.05, 0.1) is 22.8 Å². The molecule has 4 aromatic rings. The van der Waals surface area contributed by atoms with E-state index < -0.39 is 10.0 Å². The number of nitrogens with zero attached hydrogens (tertiary/aromatic N) is 2. The van der Waals surface area contributed by atoms with Gasteiger partial charge in [0, 0.05) is 11.8 Å². The van der Waals surface area contributed by atoms with E-state index in [-0.39, 0.29) is 17.3 Å². The summed E-state index contributed by atoms with van der Waals surface area (Å²) in [6, 6.07) is 31.0. The van der Waals surface area contributed by atoms with Gasteiger partial charge in [-0.2, -0.15) is 0 Å². The summed E-state index contributed by atoms with van der Waals surface area (Å²) in [5.74, 6) is -0.351. The number of hydrogen-bond donors (Lipinski definition) is 0. The van der Waals surface area contributed by atoms with Gasteiger partial charge in [0.1, 0.15) is 5.82 Å².